The molecule has 110 valence electrons. The van der Waals surface area contributed by atoms with E-state index in [0.717, 1.165) is 31.6 Å². The van der Waals surface area contributed by atoms with Gasteiger partial charge in [0.15, 0.2) is 5.78 Å². The summed E-state index contributed by atoms with van der Waals surface area (Å²) < 4.78 is 12.8. The predicted octanol–water partition coefficient (Wildman–Crippen LogP) is 2.87. The Kier molecular flexibility index (Phi) is 5.54. The molecule has 3 nitrogen and oxygen atoms in total. The van der Waals surface area contributed by atoms with Crippen LogP contribution in [0.3, 0.4) is 0 Å². The SMILES string of the molecule is CCC1CN(CC(C)C(=O)c2ccc(F)cn2)CCS1. The average molecular weight is 296 g/mol. The molecule has 20 heavy (non-hydrogen) atoms. The van der Waals surface area contributed by atoms with E-state index in [1.165, 1.54) is 18.6 Å². The van der Waals surface area contributed by atoms with Gasteiger partial charge in [-0.3, -0.25) is 9.78 Å². The summed E-state index contributed by atoms with van der Waals surface area (Å²) >= 11 is 2.02. The molecule has 1 aromatic heterocycles. The molecule has 1 aromatic rings. The summed E-state index contributed by atoms with van der Waals surface area (Å²) in [6.45, 7) is 6.98. The molecular formula is C15H21FN2OS. The Balaban J connectivity index is 1.92. The van der Waals surface area contributed by atoms with Crippen LogP contribution in [0, 0.1) is 11.7 Å². The molecule has 2 atom stereocenters. The number of Topliss-reactive ketones (excluding diaryl/α,β-unsaturated/α-hetero) is 1. The molecule has 1 saturated heterocycles. The number of halogens is 1. The van der Waals surface area contributed by atoms with Crippen LogP contribution in [0.15, 0.2) is 18.3 Å². The number of ketones is 1. The van der Waals surface area contributed by atoms with Crippen molar-refractivity contribution in [2.24, 2.45) is 5.92 Å². The summed E-state index contributed by atoms with van der Waals surface area (Å²) in [7, 11) is 0. The molecule has 2 rings (SSSR count). The van der Waals surface area contributed by atoms with Crippen LogP contribution < -0.4 is 0 Å². The van der Waals surface area contributed by atoms with Crippen molar-refractivity contribution in [3.8, 4) is 0 Å². The van der Waals surface area contributed by atoms with E-state index < -0.39 is 5.82 Å². The minimum Gasteiger partial charge on any atom is -0.301 e. The fourth-order valence-corrected chi connectivity index (χ4v) is 3.69. The first-order valence-electron chi connectivity index (χ1n) is 7.10. The zero-order valence-corrected chi connectivity index (χ0v) is 12.8. The van der Waals surface area contributed by atoms with Crippen LogP contribution in [-0.4, -0.2) is 46.3 Å². The van der Waals surface area contributed by atoms with Gasteiger partial charge >= 0.3 is 0 Å². The van der Waals surface area contributed by atoms with Crippen LogP contribution in [0.4, 0.5) is 4.39 Å². The molecule has 1 fully saturated rings. The number of carbonyl (C=O) groups is 1. The lowest BCUT2D eigenvalue weighted by molar-refractivity contribution is 0.0889. The van der Waals surface area contributed by atoms with Gasteiger partial charge in [0.2, 0.25) is 0 Å². The lowest BCUT2D eigenvalue weighted by Crippen LogP contribution is -2.41. The van der Waals surface area contributed by atoms with E-state index in [4.69, 9.17) is 0 Å². The predicted molar refractivity (Wildman–Crippen MR) is 80.7 cm³/mol. The van der Waals surface area contributed by atoms with Crippen molar-refractivity contribution in [3.63, 3.8) is 0 Å². The first-order valence-corrected chi connectivity index (χ1v) is 8.14. The second-order valence-corrected chi connectivity index (χ2v) is 6.70. The van der Waals surface area contributed by atoms with Crippen LogP contribution in [0.2, 0.25) is 0 Å². The Labute approximate surface area is 124 Å². The number of nitrogens with zero attached hydrogens (tertiary/aromatic N) is 2. The van der Waals surface area contributed by atoms with Crippen LogP contribution in [0.5, 0.6) is 0 Å². The number of rotatable bonds is 5. The molecule has 0 N–H and O–H groups in total. The van der Waals surface area contributed by atoms with E-state index in [9.17, 15) is 9.18 Å². The summed E-state index contributed by atoms with van der Waals surface area (Å²) in [5, 5.41) is 0.676. The summed E-state index contributed by atoms with van der Waals surface area (Å²) in [5.74, 6) is 0.617. The molecule has 1 aliphatic heterocycles. The Hall–Kier alpha value is -0.940. The molecule has 2 unspecified atom stereocenters. The van der Waals surface area contributed by atoms with E-state index in [2.05, 4.69) is 16.8 Å². The van der Waals surface area contributed by atoms with Gasteiger partial charge in [-0.05, 0) is 18.6 Å². The third-order valence-electron chi connectivity index (χ3n) is 3.64. The number of pyridine rings is 1. The zero-order valence-electron chi connectivity index (χ0n) is 12.0. The maximum absolute atomic E-state index is 12.8. The van der Waals surface area contributed by atoms with Gasteiger partial charge in [0.25, 0.3) is 0 Å². The van der Waals surface area contributed by atoms with Gasteiger partial charge in [-0.25, -0.2) is 4.39 Å². The molecule has 0 amide bonds. The Morgan fingerprint density at radius 2 is 2.40 bits per heavy atom. The fraction of sp³-hybridized carbons (Fsp3) is 0.600. The first-order chi connectivity index (χ1) is 9.60. The first kappa shape index (κ1) is 15.4. The topological polar surface area (TPSA) is 33.2 Å². The highest BCUT2D eigenvalue weighted by Gasteiger charge is 2.24. The van der Waals surface area contributed by atoms with E-state index in [-0.39, 0.29) is 11.7 Å². The highest BCUT2D eigenvalue weighted by molar-refractivity contribution is 8.00. The Morgan fingerprint density at radius 3 is 3.05 bits per heavy atom. The maximum Gasteiger partial charge on any atom is 0.185 e. The minimum absolute atomic E-state index is 0.00345. The normalized spacial score (nSPS) is 21.6. The van der Waals surface area contributed by atoms with Gasteiger partial charge in [-0.2, -0.15) is 11.8 Å². The van der Waals surface area contributed by atoms with E-state index in [0.29, 0.717) is 10.9 Å². The molecule has 0 aliphatic carbocycles. The second-order valence-electron chi connectivity index (χ2n) is 5.29. The number of hydrogen-bond acceptors (Lipinski definition) is 4. The van der Waals surface area contributed by atoms with Crippen LogP contribution >= 0.6 is 11.8 Å². The molecule has 0 bridgehead atoms. The number of aromatic nitrogens is 1. The molecule has 1 aliphatic rings. The van der Waals surface area contributed by atoms with Crippen LogP contribution in [0.1, 0.15) is 30.8 Å². The van der Waals surface area contributed by atoms with Crippen molar-refractivity contribution in [1.29, 1.82) is 0 Å². The zero-order chi connectivity index (χ0) is 14.5. The largest absolute Gasteiger partial charge is 0.301 e. The van der Waals surface area contributed by atoms with E-state index >= 15 is 0 Å². The minimum atomic E-state index is -0.409. The van der Waals surface area contributed by atoms with Crippen molar-refractivity contribution in [2.75, 3.05) is 25.4 Å². The average Bonchev–Trinajstić information content (AvgIpc) is 2.47. The van der Waals surface area contributed by atoms with Gasteiger partial charge in [-0.15, -0.1) is 0 Å². The van der Waals surface area contributed by atoms with Gasteiger partial charge in [-0.1, -0.05) is 13.8 Å². The lowest BCUT2D eigenvalue weighted by Gasteiger charge is -2.33. The van der Waals surface area contributed by atoms with Gasteiger partial charge in [0.05, 0.1) is 6.20 Å². The maximum atomic E-state index is 12.8. The Morgan fingerprint density at radius 1 is 1.60 bits per heavy atom. The van der Waals surface area contributed by atoms with Crippen molar-refractivity contribution in [3.05, 3.63) is 29.8 Å². The third-order valence-corrected chi connectivity index (χ3v) is 5.01. The molecule has 0 radical (unpaired) electrons. The molecule has 2 heterocycles. The number of thioether (sulfide) groups is 1. The van der Waals surface area contributed by atoms with Crippen LogP contribution in [-0.2, 0) is 0 Å². The lowest BCUT2D eigenvalue weighted by atomic mass is 10.0. The summed E-state index contributed by atoms with van der Waals surface area (Å²) in [5.41, 5.74) is 0.359. The highest BCUT2D eigenvalue weighted by Crippen LogP contribution is 2.22. The monoisotopic (exact) mass is 296 g/mol. The number of hydrogen-bond donors (Lipinski definition) is 0. The second kappa shape index (κ2) is 7.18. The van der Waals surface area contributed by atoms with Gasteiger partial charge in [0.1, 0.15) is 11.5 Å². The van der Waals surface area contributed by atoms with Crippen molar-refractivity contribution >= 4 is 17.5 Å². The number of carbonyl (C=O) groups excluding carboxylic acids is 1. The highest BCUT2D eigenvalue weighted by atomic mass is 32.2. The van der Waals surface area contributed by atoms with Crippen molar-refractivity contribution in [2.45, 2.75) is 25.5 Å². The third kappa shape index (κ3) is 4.03. The van der Waals surface area contributed by atoms with Gasteiger partial charge in [0, 0.05) is 36.6 Å². The van der Waals surface area contributed by atoms with Crippen molar-refractivity contribution < 1.29 is 9.18 Å². The summed E-state index contributed by atoms with van der Waals surface area (Å²) in [6.07, 6.45) is 2.27. The standard InChI is InChI=1S/C15H21FN2OS/c1-3-13-10-18(6-7-20-13)9-11(2)15(19)14-5-4-12(16)8-17-14/h4-5,8,11,13H,3,6-7,9-10H2,1-2H3. The van der Waals surface area contributed by atoms with E-state index in [1.54, 1.807) is 0 Å². The molecular weight excluding hydrogens is 275 g/mol. The molecule has 0 saturated carbocycles. The summed E-state index contributed by atoms with van der Waals surface area (Å²) in [4.78, 5) is 18.5. The molecule has 0 aromatic carbocycles. The van der Waals surface area contributed by atoms with Crippen molar-refractivity contribution in [1.82, 2.24) is 9.88 Å². The van der Waals surface area contributed by atoms with Crippen LogP contribution in [0.25, 0.3) is 0 Å². The quantitative estimate of drug-likeness (QED) is 0.782. The molecule has 5 heteroatoms. The summed E-state index contributed by atoms with van der Waals surface area (Å²) in [6, 6.07) is 2.76. The smallest absolute Gasteiger partial charge is 0.185 e. The van der Waals surface area contributed by atoms with E-state index in [1.807, 2.05) is 18.7 Å². The fourth-order valence-electron chi connectivity index (χ4n) is 2.44. The van der Waals surface area contributed by atoms with Gasteiger partial charge < -0.3 is 4.90 Å². The molecule has 0 spiro atoms. The Bertz CT molecular complexity index is 452.